The lowest BCUT2D eigenvalue weighted by Gasteiger charge is -2.50. The number of aromatic hydroxyl groups is 1. The van der Waals surface area contributed by atoms with Crippen molar-refractivity contribution in [2.45, 2.75) is 31.0 Å². The first-order chi connectivity index (χ1) is 13.9. The molecule has 0 bridgehead atoms. The average Bonchev–Trinajstić information content (AvgIpc) is 2.66. The summed E-state index contributed by atoms with van der Waals surface area (Å²) in [4.78, 5) is 37.3. The summed E-state index contributed by atoms with van der Waals surface area (Å²) in [7, 11) is 0. The molecule has 0 aliphatic heterocycles. The molecule has 1 saturated carbocycles. The van der Waals surface area contributed by atoms with Gasteiger partial charge >= 0.3 is 0 Å². The molecule has 7 N–H and O–H groups in total. The number of ketones is 2. The quantitative estimate of drug-likeness (QED) is 0.318. The van der Waals surface area contributed by atoms with E-state index in [1.807, 2.05) is 0 Å². The second-order valence-electron chi connectivity index (χ2n) is 7.84. The number of fused-ring (bicyclic) bond motifs is 3. The standard InChI is InChI=1S/C20H18BrNO8/c1-5-10-7(21)2-3-8(23)12(10)16(26)14-11(5)15(25)6-4-9(24)13(19(22)29)17(27)20(6,30)18(14)28/h2-3,5-6,11,15,23,25-27,30H,4H2,1H3,(H2,22,29)/t5?,6?,11?,15?,20-/m1/s1. The summed E-state index contributed by atoms with van der Waals surface area (Å²) >= 11 is 3.34. The molecule has 10 heteroatoms. The maximum atomic E-state index is 13.4. The molecule has 4 rings (SSSR count). The zero-order valence-corrected chi connectivity index (χ0v) is 17.2. The zero-order chi connectivity index (χ0) is 22.3. The molecule has 5 atom stereocenters. The minimum Gasteiger partial charge on any atom is -0.508 e. The van der Waals surface area contributed by atoms with Gasteiger partial charge in [0.15, 0.2) is 11.4 Å². The number of Topliss-reactive ketones (excluding diaryl/α,β-unsaturated/α-hetero) is 2. The molecule has 30 heavy (non-hydrogen) atoms. The number of rotatable bonds is 1. The van der Waals surface area contributed by atoms with Crippen LogP contribution >= 0.6 is 15.9 Å². The molecule has 9 nitrogen and oxygen atoms in total. The van der Waals surface area contributed by atoms with Crippen molar-refractivity contribution < 1.29 is 39.9 Å². The lowest BCUT2D eigenvalue weighted by Crippen LogP contribution is -2.63. The van der Waals surface area contributed by atoms with Crippen molar-refractivity contribution in [2.75, 3.05) is 0 Å². The smallest absolute Gasteiger partial charge is 0.255 e. The second-order valence-corrected chi connectivity index (χ2v) is 8.69. The van der Waals surface area contributed by atoms with Gasteiger partial charge in [-0.15, -0.1) is 0 Å². The van der Waals surface area contributed by atoms with Crippen LogP contribution in [0.5, 0.6) is 5.75 Å². The van der Waals surface area contributed by atoms with E-state index < -0.39 is 76.0 Å². The average molecular weight is 480 g/mol. The van der Waals surface area contributed by atoms with Gasteiger partial charge < -0.3 is 31.3 Å². The number of hydrogen-bond acceptors (Lipinski definition) is 8. The van der Waals surface area contributed by atoms with Crippen LogP contribution in [0, 0.1) is 11.8 Å². The largest absolute Gasteiger partial charge is 0.508 e. The molecule has 3 aliphatic rings. The fourth-order valence-electron chi connectivity index (χ4n) is 5.03. The Morgan fingerprint density at radius 2 is 1.87 bits per heavy atom. The van der Waals surface area contributed by atoms with E-state index in [1.165, 1.54) is 6.07 Å². The van der Waals surface area contributed by atoms with Gasteiger partial charge in [0.2, 0.25) is 5.78 Å². The molecule has 1 fully saturated rings. The maximum absolute atomic E-state index is 13.4. The molecule has 1 aromatic carbocycles. The van der Waals surface area contributed by atoms with Gasteiger partial charge in [-0.2, -0.15) is 0 Å². The van der Waals surface area contributed by atoms with Crippen LogP contribution in [0.15, 0.2) is 33.5 Å². The minimum absolute atomic E-state index is 0.0452. The van der Waals surface area contributed by atoms with Crippen LogP contribution in [0.3, 0.4) is 0 Å². The fraction of sp³-hybridized carbons (Fsp3) is 0.350. The topological polar surface area (TPSA) is 178 Å². The molecule has 1 amide bonds. The molecular weight excluding hydrogens is 462 g/mol. The number of amides is 1. The molecule has 158 valence electrons. The fourth-order valence-corrected chi connectivity index (χ4v) is 5.72. The Balaban J connectivity index is 2.04. The van der Waals surface area contributed by atoms with Gasteiger partial charge in [-0.1, -0.05) is 22.9 Å². The highest BCUT2D eigenvalue weighted by Gasteiger charge is 2.65. The number of carbonyl (C=O) groups excluding carboxylic acids is 3. The Morgan fingerprint density at radius 3 is 2.47 bits per heavy atom. The first kappa shape index (κ1) is 20.6. The molecule has 0 radical (unpaired) electrons. The van der Waals surface area contributed by atoms with E-state index in [9.17, 15) is 39.9 Å². The summed E-state index contributed by atoms with van der Waals surface area (Å²) < 4.78 is 0.521. The SMILES string of the molecule is CC1c2c(Br)ccc(O)c2C(O)=C2C(=O)[C@]3(O)C(O)=C(C(N)=O)C(=O)CC3C(O)C21. The highest BCUT2D eigenvalue weighted by atomic mass is 79.9. The number of nitrogens with two attached hydrogens (primary N) is 1. The van der Waals surface area contributed by atoms with E-state index in [1.54, 1.807) is 13.0 Å². The predicted molar refractivity (Wildman–Crippen MR) is 105 cm³/mol. The Hall–Kier alpha value is -2.69. The van der Waals surface area contributed by atoms with Crippen LogP contribution in [-0.4, -0.2) is 54.7 Å². The van der Waals surface area contributed by atoms with Gasteiger partial charge in [0.25, 0.3) is 5.91 Å². The van der Waals surface area contributed by atoms with Gasteiger partial charge in [-0.3, -0.25) is 14.4 Å². The second kappa shape index (κ2) is 6.40. The van der Waals surface area contributed by atoms with E-state index in [0.717, 1.165) is 0 Å². The van der Waals surface area contributed by atoms with Crippen molar-refractivity contribution in [2.24, 2.45) is 17.6 Å². The number of hydrogen-bond donors (Lipinski definition) is 6. The summed E-state index contributed by atoms with van der Waals surface area (Å²) in [6.45, 7) is 1.66. The molecule has 4 unspecified atom stereocenters. The summed E-state index contributed by atoms with van der Waals surface area (Å²) in [5, 5.41) is 53.9. The van der Waals surface area contributed by atoms with Gasteiger partial charge in [0, 0.05) is 28.3 Å². The molecule has 0 saturated heterocycles. The number of phenolic OH excluding ortho intramolecular Hbond substituents is 1. The molecule has 1 aromatic rings. The third-order valence-electron chi connectivity index (χ3n) is 6.43. The third-order valence-corrected chi connectivity index (χ3v) is 7.12. The Labute approximate surface area is 178 Å². The van der Waals surface area contributed by atoms with Crippen molar-refractivity contribution in [3.05, 3.63) is 44.6 Å². The first-order valence-corrected chi connectivity index (χ1v) is 9.90. The number of aliphatic hydroxyl groups is 4. The van der Waals surface area contributed by atoms with Crippen LogP contribution in [0.4, 0.5) is 0 Å². The number of carbonyl (C=O) groups is 3. The van der Waals surface area contributed by atoms with Crippen molar-refractivity contribution in [3.63, 3.8) is 0 Å². The van der Waals surface area contributed by atoms with Crippen molar-refractivity contribution >= 4 is 39.2 Å². The number of benzene rings is 1. The van der Waals surface area contributed by atoms with Crippen LogP contribution in [0.25, 0.3) is 5.76 Å². The Kier molecular flexibility index (Phi) is 4.39. The van der Waals surface area contributed by atoms with Crippen molar-refractivity contribution in [1.82, 2.24) is 0 Å². The number of primary amides is 1. The van der Waals surface area contributed by atoms with E-state index in [2.05, 4.69) is 15.9 Å². The highest BCUT2D eigenvalue weighted by Crippen LogP contribution is 2.56. The highest BCUT2D eigenvalue weighted by molar-refractivity contribution is 9.10. The van der Waals surface area contributed by atoms with E-state index in [-0.39, 0.29) is 11.3 Å². The lowest BCUT2D eigenvalue weighted by molar-refractivity contribution is -0.160. The third kappa shape index (κ3) is 2.32. The van der Waals surface area contributed by atoms with Crippen LogP contribution in [-0.2, 0) is 14.4 Å². The normalized spacial score (nSPS) is 33.2. The maximum Gasteiger partial charge on any atom is 0.255 e. The summed E-state index contributed by atoms with van der Waals surface area (Å²) in [6, 6.07) is 2.85. The van der Waals surface area contributed by atoms with E-state index >= 15 is 0 Å². The van der Waals surface area contributed by atoms with Crippen LogP contribution in [0.1, 0.15) is 30.4 Å². The number of aliphatic hydroxyl groups excluding tert-OH is 3. The van der Waals surface area contributed by atoms with Crippen molar-refractivity contribution in [3.8, 4) is 5.75 Å². The number of halogens is 1. The van der Waals surface area contributed by atoms with Crippen molar-refractivity contribution in [1.29, 1.82) is 0 Å². The first-order valence-electron chi connectivity index (χ1n) is 9.11. The number of phenols is 1. The van der Waals surface area contributed by atoms with E-state index in [0.29, 0.717) is 10.0 Å². The molecule has 3 aliphatic carbocycles. The Bertz CT molecular complexity index is 1110. The van der Waals surface area contributed by atoms with E-state index in [4.69, 9.17) is 5.73 Å². The predicted octanol–water partition coefficient (Wildman–Crippen LogP) is 0.718. The molecular formula is C20H18BrNO8. The Morgan fingerprint density at radius 1 is 1.23 bits per heavy atom. The van der Waals surface area contributed by atoms with Gasteiger partial charge in [0.1, 0.15) is 22.8 Å². The molecule has 0 spiro atoms. The zero-order valence-electron chi connectivity index (χ0n) is 15.6. The monoisotopic (exact) mass is 479 g/mol. The van der Waals surface area contributed by atoms with Gasteiger partial charge in [-0.05, 0) is 23.6 Å². The molecule has 0 heterocycles. The van der Waals surface area contributed by atoms with Crippen LogP contribution in [0.2, 0.25) is 0 Å². The lowest BCUT2D eigenvalue weighted by atomic mass is 9.55. The van der Waals surface area contributed by atoms with Gasteiger partial charge in [-0.25, -0.2) is 0 Å². The van der Waals surface area contributed by atoms with Gasteiger partial charge in [0.05, 0.1) is 11.7 Å². The summed E-state index contributed by atoms with van der Waals surface area (Å²) in [6.07, 6.45) is -2.14. The minimum atomic E-state index is -2.82. The van der Waals surface area contributed by atoms with Crippen LogP contribution < -0.4 is 5.73 Å². The molecule has 0 aromatic heterocycles. The summed E-state index contributed by atoms with van der Waals surface area (Å²) in [5.41, 5.74) is 1.38. The summed E-state index contributed by atoms with van der Waals surface area (Å²) in [5.74, 6) is -8.72.